The molecule has 0 aliphatic carbocycles. The molecule has 0 fully saturated rings. The molecule has 0 atom stereocenters. The number of furan rings is 1. The molecule has 0 aliphatic heterocycles. The Morgan fingerprint density at radius 2 is 2.50 bits per heavy atom. The summed E-state index contributed by atoms with van der Waals surface area (Å²) in [5.41, 5.74) is 1.20. The highest BCUT2D eigenvalue weighted by Gasteiger charge is 1.94. The average molecular weight is 141 g/mol. The van der Waals surface area contributed by atoms with Gasteiger partial charge in [-0.3, -0.25) is 0 Å². The van der Waals surface area contributed by atoms with E-state index in [1.165, 1.54) is 5.56 Å². The van der Waals surface area contributed by atoms with Crippen LogP contribution in [-0.2, 0) is 6.54 Å². The molecule has 0 aliphatic rings. The van der Waals surface area contributed by atoms with Gasteiger partial charge in [-0.05, 0) is 6.07 Å². The van der Waals surface area contributed by atoms with Gasteiger partial charge in [0.15, 0.2) is 0 Å². The summed E-state index contributed by atoms with van der Waals surface area (Å²) in [4.78, 5) is 0. The van der Waals surface area contributed by atoms with Crippen LogP contribution in [0.2, 0.25) is 0 Å². The molecule has 0 bridgehead atoms. The Hall–Kier alpha value is -0.760. The van der Waals surface area contributed by atoms with Crippen molar-refractivity contribution in [2.75, 3.05) is 0 Å². The summed E-state index contributed by atoms with van der Waals surface area (Å²) in [6.45, 7) is 5.15. The van der Waals surface area contributed by atoms with Crippen LogP contribution in [0.4, 0.5) is 0 Å². The van der Waals surface area contributed by atoms with Crippen LogP contribution in [-0.4, -0.2) is 6.04 Å². The zero-order valence-corrected chi connectivity index (χ0v) is 6.42. The third-order valence-electron chi connectivity index (χ3n) is 1.29. The maximum Gasteiger partial charge on any atom is 0.0947 e. The number of nitrogens with one attached hydrogen (secondary N) is 1. The first-order valence-electron chi connectivity index (χ1n) is 3.53. The third-order valence-corrected chi connectivity index (χ3v) is 1.29. The summed E-state index contributed by atoms with van der Waals surface area (Å²) in [5.74, 6) is 0. The second kappa shape index (κ2) is 3.42. The highest BCUT2D eigenvalue weighted by atomic mass is 16.3. The van der Waals surface area contributed by atoms with E-state index in [4.69, 9.17) is 4.42 Å². The number of hydrogen-bond donors (Lipinski definition) is 1. The Labute approximate surface area is 62.7 Å². The van der Waals surface area contributed by atoms with Crippen molar-refractivity contribution < 1.29 is 5.84 Å². The maximum atomic E-state index is 4.91. The Kier molecular flexibility index (Phi) is 2.51. The predicted octanol–water partition coefficient (Wildman–Crippen LogP) is 2.02. The molecule has 0 aromatic carbocycles. The van der Waals surface area contributed by atoms with Gasteiger partial charge in [0, 0.05) is 19.6 Å². The molecule has 1 aromatic heterocycles. The lowest BCUT2D eigenvalue weighted by Crippen LogP contribution is -2.21. The van der Waals surface area contributed by atoms with Gasteiger partial charge >= 0.3 is 0 Å². The van der Waals surface area contributed by atoms with Crippen molar-refractivity contribution in [3.8, 4) is 0 Å². The number of rotatable bonds is 3. The fourth-order valence-electron chi connectivity index (χ4n) is 0.715. The fraction of sp³-hybridized carbons (Fsp3) is 0.500. The van der Waals surface area contributed by atoms with Gasteiger partial charge in [-0.15, -0.1) is 0 Å². The molecule has 1 aromatic rings. The first kappa shape index (κ1) is 7.35. The molecule has 1 heterocycles. The van der Waals surface area contributed by atoms with Gasteiger partial charge in [0.2, 0.25) is 0 Å². The van der Waals surface area contributed by atoms with Gasteiger partial charge in [-0.1, -0.05) is 13.8 Å². The van der Waals surface area contributed by atoms with Crippen LogP contribution in [0.25, 0.3) is 0 Å². The summed E-state index contributed by atoms with van der Waals surface area (Å²) in [6, 6.07) is 2.50. The van der Waals surface area contributed by atoms with Crippen LogP contribution >= 0.6 is 0 Å². The molecule has 0 amide bonds. The largest absolute Gasteiger partial charge is 0.472 e. The van der Waals surface area contributed by atoms with Crippen LogP contribution in [0.1, 0.15) is 20.8 Å². The molecule has 58 valence electrons. The van der Waals surface area contributed by atoms with Crippen molar-refractivity contribution in [1.29, 1.82) is 0 Å². The highest BCUT2D eigenvalue weighted by molar-refractivity contribution is 5.04. The standard InChI is InChI=1S/C8H13NO.H2/c1-7(2)9-5-8-3-4-10-6-8;/h3-4,6-7,9H,5H2,1-2H3;1H. The lowest BCUT2D eigenvalue weighted by atomic mass is 10.3. The van der Waals surface area contributed by atoms with E-state index in [0.717, 1.165) is 6.54 Å². The second-order valence-corrected chi connectivity index (χ2v) is 2.67. The Morgan fingerprint density at radius 3 is 3.00 bits per heavy atom. The third kappa shape index (κ3) is 2.23. The highest BCUT2D eigenvalue weighted by Crippen LogP contribution is 1.98. The molecule has 0 unspecified atom stereocenters. The van der Waals surface area contributed by atoms with E-state index in [-0.39, 0.29) is 1.43 Å². The summed E-state index contributed by atoms with van der Waals surface area (Å²) in [5, 5.41) is 3.29. The van der Waals surface area contributed by atoms with Gasteiger partial charge in [0.1, 0.15) is 0 Å². The van der Waals surface area contributed by atoms with Crippen molar-refractivity contribution in [1.82, 2.24) is 5.32 Å². The average Bonchev–Trinajstić information content (AvgIpc) is 2.34. The molecule has 1 rings (SSSR count). The van der Waals surface area contributed by atoms with Crippen molar-refractivity contribution in [2.24, 2.45) is 0 Å². The lowest BCUT2D eigenvalue weighted by molar-refractivity contribution is 0.551. The number of hydrogen-bond acceptors (Lipinski definition) is 2. The lowest BCUT2D eigenvalue weighted by Gasteiger charge is -2.04. The SMILES string of the molecule is CC(C)NCc1ccoc1.[HH]. The second-order valence-electron chi connectivity index (χ2n) is 2.67. The van der Waals surface area contributed by atoms with E-state index >= 15 is 0 Å². The van der Waals surface area contributed by atoms with E-state index in [1.807, 2.05) is 6.07 Å². The van der Waals surface area contributed by atoms with Gasteiger partial charge in [0.05, 0.1) is 12.5 Å². The smallest absolute Gasteiger partial charge is 0.0947 e. The van der Waals surface area contributed by atoms with Crippen molar-refractivity contribution >= 4 is 0 Å². The van der Waals surface area contributed by atoms with Gasteiger partial charge in [0.25, 0.3) is 0 Å². The quantitative estimate of drug-likeness (QED) is 0.696. The van der Waals surface area contributed by atoms with E-state index in [1.54, 1.807) is 12.5 Å². The fourth-order valence-corrected chi connectivity index (χ4v) is 0.715. The zero-order valence-electron chi connectivity index (χ0n) is 6.42. The molecule has 1 N–H and O–H groups in total. The minimum absolute atomic E-state index is 0. The first-order chi connectivity index (χ1) is 4.79. The van der Waals surface area contributed by atoms with Crippen LogP contribution in [0.5, 0.6) is 0 Å². The minimum Gasteiger partial charge on any atom is -0.472 e. The van der Waals surface area contributed by atoms with E-state index in [0.29, 0.717) is 6.04 Å². The summed E-state index contributed by atoms with van der Waals surface area (Å²) in [6.07, 6.45) is 3.45. The van der Waals surface area contributed by atoms with E-state index in [9.17, 15) is 0 Å². The van der Waals surface area contributed by atoms with Crippen LogP contribution in [0, 0.1) is 0 Å². The predicted molar refractivity (Wildman–Crippen MR) is 42.8 cm³/mol. The molecule has 0 radical (unpaired) electrons. The van der Waals surface area contributed by atoms with E-state index < -0.39 is 0 Å². The maximum absolute atomic E-state index is 4.91. The molecule has 0 spiro atoms. The van der Waals surface area contributed by atoms with E-state index in [2.05, 4.69) is 19.2 Å². The summed E-state index contributed by atoms with van der Waals surface area (Å²) < 4.78 is 4.91. The molecular weight excluding hydrogens is 126 g/mol. The molecule has 0 saturated carbocycles. The Bertz CT molecular complexity index is 172. The zero-order chi connectivity index (χ0) is 7.40. The summed E-state index contributed by atoms with van der Waals surface area (Å²) in [7, 11) is 0. The van der Waals surface area contributed by atoms with Gasteiger partial charge < -0.3 is 9.73 Å². The van der Waals surface area contributed by atoms with Gasteiger partial charge in [-0.2, -0.15) is 0 Å². The van der Waals surface area contributed by atoms with Crippen molar-refractivity contribution in [2.45, 2.75) is 26.4 Å². The van der Waals surface area contributed by atoms with Gasteiger partial charge in [-0.25, -0.2) is 0 Å². The van der Waals surface area contributed by atoms with Crippen molar-refractivity contribution in [3.05, 3.63) is 24.2 Å². The van der Waals surface area contributed by atoms with Crippen LogP contribution < -0.4 is 5.32 Å². The molecule has 10 heavy (non-hydrogen) atoms. The first-order valence-corrected chi connectivity index (χ1v) is 3.53. The monoisotopic (exact) mass is 141 g/mol. The molecular formula is C8H15NO. The van der Waals surface area contributed by atoms with Crippen molar-refractivity contribution in [3.63, 3.8) is 0 Å². The normalized spacial score (nSPS) is 10.7. The van der Waals surface area contributed by atoms with Crippen LogP contribution in [0.15, 0.2) is 23.0 Å². The topological polar surface area (TPSA) is 25.2 Å². The van der Waals surface area contributed by atoms with Crippen LogP contribution in [0.3, 0.4) is 0 Å². The molecule has 2 nitrogen and oxygen atoms in total. The Balaban J connectivity index is 0.000001000. The summed E-state index contributed by atoms with van der Waals surface area (Å²) >= 11 is 0. The Morgan fingerprint density at radius 1 is 1.70 bits per heavy atom. The molecule has 2 heteroatoms. The molecule has 0 saturated heterocycles. The minimum atomic E-state index is 0.